The molecule has 0 fully saturated rings. The van der Waals surface area contributed by atoms with Crippen LogP contribution in [-0.2, 0) is 6.54 Å². The number of hydrogen-bond donors (Lipinski definition) is 0. The average molecular weight is 423 g/mol. The Balaban J connectivity index is 1.81. The van der Waals surface area contributed by atoms with Gasteiger partial charge in [-0.15, -0.1) is 27.8 Å². The van der Waals surface area contributed by atoms with Crippen molar-refractivity contribution in [3.8, 4) is 22.3 Å². The topological polar surface area (TPSA) is 83.5 Å². The van der Waals surface area contributed by atoms with Crippen LogP contribution in [0.1, 0.15) is 17.4 Å². The maximum absolute atomic E-state index is 13.7. The Bertz CT molecular complexity index is 1230. The Labute approximate surface area is 174 Å². The lowest BCUT2D eigenvalue weighted by atomic mass is 10.1. The highest BCUT2D eigenvalue weighted by atomic mass is 32.1. The molecule has 4 aromatic rings. The van der Waals surface area contributed by atoms with Gasteiger partial charge in [0.15, 0.2) is 5.82 Å². The number of thiophene rings is 2. The van der Waals surface area contributed by atoms with Gasteiger partial charge in [-0.1, -0.05) is 6.07 Å². The summed E-state index contributed by atoms with van der Waals surface area (Å²) in [5.74, 6) is 0.378. The van der Waals surface area contributed by atoms with Gasteiger partial charge >= 0.3 is 0 Å². The van der Waals surface area contributed by atoms with Gasteiger partial charge in [-0.25, -0.2) is 14.4 Å². The number of nitriles is 1. The summed E-state index contributed by atoms with van der Waals surface area (Å²) in [4.78, 5) is 10.2. The fraction of sp³-hybridized carbons (Fsp3) is 0.150. The number of rotatable bonds is 6. The molecule has 0 N–H and O–H groups in total. The smallest absolute Gasteiger partial charge is 0.195 e. The third-order valence-corrected chi connectivity index (χ3v) is 6.09. The Morgan fingerprint density at radius 1 is 1.28 bits per heavy atom. The number of hydrogen-bond acceptors (Lipinski definition) is 8. The highest BCUT2D eigenvalue weighted by Gasteiger charge is 2.21. The van der Waals surface area contributed by atoms with Crippen molar-refractivity contribution < 1.29 is 9.13 Å². The van der Waals surface area contributed by atoms with E-state index in [2.05, 4.69) is 26.3 Å². The number of nitrogens with zero attached hydrogens (tertiary/aromatic N) is 5. The Hall–Kier alpha value is -3.22. The molecule has 0 unspecified atom stereocenters. The zero-order chi connectivity index (χ0) is 20.2. The van der Waals surface area contributed by atoms with Crippen molar-refractivity contribution in [3.05, 3.63) is 58.3 Å². The van der Waals surface area contributed by atoms with Gasteiger partial charge in [0.05, 0.1) is 23.6 Å². The minimum absolute atomic E-state index is 0.379. The van der Waals surface area contributed by atoms with Crippen LogP contribution in [0.15, 0.2) is 52.3 Å². The normalized spacial score (nSPS) is 11.2. The number of azo groups is 1. The Morgan fingerprint density at radius 2 is 2.17 bits per heavy atom. The van der Waals surface area contributed by atoms with Crippen LogP contribution in [-0.4, -0.2) is 16.6 Å². The number of aromatic nitrogens is 2. The molecule has 0 radical (unpaired) electrons. The summed E-state index contributed by atoms with van der Waals surface area (Å²) in [7, 11) is 0. The minimum Gasteiger partial charge on any atom is -0.493 e. The molecule has 3 heterocycles. The molecule has 0 atom stereocenters. The summed E-state index contributed by atoms with van der Waals surface area (Å²) in [6, 6.07) is 10.4. The molecule has 6 nitrogen and oxygen atoms in total. The van der Waals surface area contributed by atoms with E-state index in [1.807, 2.05) is 24.4 Å². The predicted octanol–water partition coefficient (Wildman–Crippen LogP) is 6.11. The molecule has 144 valence electrons. The fourth-order valence-corrected chi connectivity index (χ4v) is 4.58. The van der Waals surface area contributed by atoms with Crippen molar-refractivity contribution in [1.29, 1.82) is 5.26 Å². The second-order valence-electron chi connectivity index (χ2n) is 5.85. The van der Waals surface area contributed by atoms with E-state index in [0.29, 0.717) is 50.9 Å². The van der Waals surface area contributed by atoms with Gasteiger partial charge in [-0.3, -0.25) is 0 Å². The summed E-state index contributed by atoms with van der Waals surface area (Å²) in [6.45, 7) is 2.66. The van der Waals surface area contributed by atoms with Crippen LogP contribution in [0, 0.1) is 17.1 Å². The molecular weight excluding hydrogens is 409 g/mol. The van der Waals surface area contributed by atoms with Gasteiger partial charge in [0.1, 0.15) is 34.2 Å². The minimum atomic E-state index is -0.403. The average Bonchev–Trinajstić information content (AvgIpc) is 3.36. The van der Waals surface area contributed by atoms with Crippen molar-refractivity contribution in [2.75, 3.05) is 6.61 Å². The second kappa shape index (κ2) is 8.43. The summed E-state index contributed by atoms with van der Waals surface area (Å²) in [5.41, 5.74) is 1.52. The van der Waals surface area contributed by atoms with Crippen LogP contribution in [0.5, 0.6) is 5.75 Å². The van der Waals surface area contributed by atoms with Crippen LogP contribution in [0.25, 0.3) is 20.7 Å². The molecular formula is C20H14FN5OS2. The molecule has 4 rings (SSSR count). The van der Waals surface area contributed by atoms with Gasteiger partial charge in [0, 0.05) is 16.5 Å². The van der Waals surface area contributed by atoms with Gasteiger partial charge < -0.3 is 4.74 Å². The van der Waals surface area contributed by atoms with Gasteiger partial charge in [-0.05, 0) is 30.5 Å². The first-order valence-corrected chi connectivity index (χ1v) is 10.4. The highest BCUT2D eigenvalue weighted by Crippen LogP contribution is 2.44. The second-order valence-corrected chi connectivity index (χ2v) is 7.90. The molecule has 1 aromatic carbocycles. The Kier molecular flexibility index (Phi) is 5.55. The van der Waals surface area contributed by atoms with E-state index in [4.69, 9.17) is 4.74 Å². The lowest BCUT2D eigenvalue weighted by Crippen LogP contribution is -1.95. The third-order valence-electron chi connectivity index (χ3n) is 4.03. The highest BCUT2D eigenvalue weighted by molar-refractivity contribution is 7.23. The molecule has 9 heteroatoms. The molecule has 0 bridgehead atoms. The molecule has 0 amide bonds. The van der Waals surface area contributed by atoms with E-state index in [0.717, 1.165) is 4.88 Å². The first kappa shape index (κ1) is 19.1. The maximum atomic E-state index is 13.7. The van der Waals surface area contributed by atoms with Gasteiger partial charge in [0.25, 0.3) is 0 Å². The first-order valence-electron chi connectivity index (χ1n) is 8.71. The summed E-state index contributed by atoms with van der Waals surface area (Å²) in [5, 5.41) is 20.2. The van der Waals surface area contributed by atoms with Crippen molar-refractivity contribution in [1.82, 2.24) is 9.97 Å². The summed E-state index contributed by atoms with van der Waals surface area (Å²) < 4.78 is 19.9. The zero-order valence-electron chi connectivity index (χ0n) is 15.3. The molecule has 0 aliphatic rings. The van der Waals surface area contributed by atoms with Crippen molar-refractivity contribution in [2.45, 2.75) is 13.5 Å². The zero-order valence-corrected chi connectivity index (χ0v) is 16.9. The standard InChI is InChI=1S/C20H14FN5OS2/c1-2-27-16-8-12(21)5-6-14(16)18-15(9-22)17-19(29-18)20(24-11-23-17)26-25-10-13-4-3-7-28-13/h3-8,11H,2,10H2,1H3. The summed E-state index contributed by atoms with van der Waals surface area (Å²) >= 11 is 2.93. The molecule has 29 heavy (non-hydrogen) atoms. The summed E-state index contributed by atoms with van der Waals surface area (Å²) in [6.07, 6.45) is 1.37. The number of halogens is 1. The van der Waals surface area contributed by atoms with Crippen molar-refractivity contribution in [2.24, 2.45) is 10.2 Å². The van der Waals surface area contributed by atoms with Crippen LogP contribution in [0.2, 0.25) is 0 Å². The predicted molar refractivity (Wildman–Crippen MR) is 111 cm³/mol. The van der Waals surface area contributed by atoms with E-state index in [9.17, 15) is 9.65 Å². The van der Waals surface area contributed by atoms with Crippen molar-refractivity contribution in [3.63, 3.8) is 0 Å². The van der Waals surface area contributed by atoms with Gasteiger partial charge in [0.2, 0.25) is 0 Å². The molecule has 0 spiro atoms. The van der Waals surface area contributed by atoms with Crippen molar-refractivity contribution >= 4 is 38.7 Å². The SMILES string of the molecule is CCOc1cc(F)ccc1-c1sc2c(N=NCc3cccs3)ncnc2c1C#N. The molecule has 3 aromatic heterocycles. The van der Waals surface area contributed by atoms with E-state index >= 15 is 0 Å². The maximum Gasteiger partial charge on any atom is 0.195 e. The number of benzene rings is 1. The molecule has 0 aliphatic carbocycles. The lowest BCUT2D eigenvalue weighted by molar-refractivity contribution is 0.340. The Morgan fingerprint density at radius 3 is 2.93 bits per heavy atom. The fourth-order valence-electron chi connectivity index (χ4n) is 2.79. The lowest BCUT2D eigenvalue weighted by Gasteiger charge is -2.09. The first-order chi connectivity index (χ1) is 14.2. The van der Waals surface area contributed by atoms with E-state index < -0.39 is 5.82 Å². The molecule has 0 saturated carbocycles. The van der Waals surface area contributed by atoms with Crippen LogP contribution >= 0.6 is 22.7 Å². The number of ether oxygens (including phenoxy) is 1. The van der Waals surface area contributed by atoms with E-state index in [-0.39, 0.29) is 0 Å². The number of fused-ring (bicyclic) bond motifs is 1. The van der Waals surface area contributed by atoms with Crippen LogP contribution < -0.4 is 4.74 Å². The van der Waals surface area contributed by atoms with E-state index in [1.54, 1.807) is 17.4 Å². The van der Waals surface area contributed by atoms with E-state index in [1.165, 1.54) is 29.8 Å². The monoisotopic (exact) mass is 423 g/mol. The van der Waals surface area contributed by atoms with Gasteiger partial charge in [-0.2, -0.15) is 10.4 Å². The third kappa shape index (κ3) is 3.85. The molecule has 0 saturated heterocycles. The van der Waals surface area contributed by atoms with Crippen LogP contribution in [0.4, 0.5) is 10.2 Å². The molecule has 0 aliphatic heterocycles. The van der Waals surface area contributed by atoms with Crippen LogP contribution in [0.3, 0.4) is 0 Å². The quantitative estimate of drug-likeness (QED) is 0.350. The largest absolute Gasteiger partial charge is 0.493 e.